The number of carboxylic acids is 1. The van der Waals surface area contributed by atoms with E-state index in [1.165, 1.54) is 19.3 Å². The minimum absolute atomic E-state index is 0.115. The van der Waals surface area contributed by atoms with Gasteiger partial charge >= 0.3 is 5.97 Å². The summed E-state index contributed by atoms with van der Waals surface area (Å²) in [4.78, 5) is 28.0. The van der Waals surface area contributed by atoms with Crippen molar-refractivity contribution in [2.24, 2.45) is 12.2 Å². The number of aromatic carboxylic acids is 1. The van der Waals surface area contributed by atoms with E-state index in [1.807, 2.05) is 20.8 Å². The van der Waals surface area contributed by atoms with E-state index in [2.05, 4.69) is 5.16 Å². The number of aromatic nitrogens is 1. The van der Waals surface area contributed by atoms with Crippen molar-refractivity contribution in [1.82, 2.24) is 4.57 Å². The predicted octanol–water partition coefficient (Wildman–Crippen LogP) is 2.10. The Balaban J connectivity index is 2.66. The van der Waals surface area contributed by atoms with Crippen LogP contribution in [0.3, 0.4) is 0 Å². The Morgan fingerprint density at radius 3 is 2.65 bits per heavy atom. The molecule has 1 aromatic heterocycles. The lowest BCUT2D eigenvalue weighted by atomic mass is 10.1. The Morgan fingerprint density at radius 2 is 2.09 bits per heavy atom. The maximum Gasteiger partial charge on any atom is 0.339 e. The molecule has 0 aliphatic carbocycles. The van der Waals surface area contributed by atoms with E-state index in [0.717, 1.165) is 4.57 Å². The third kappa shape index (κ3) is 6.03. The van der Waals surface area contributed by atoms with Gasteiger partial charge in [0.25, 0.3) is 5.56 Å². The highest BCUT2D eigenvalue weighted by molar-refractivity contribution is 6.32. The maximum absolute atomic E-state index is 11.7. The number of nitrogens with zero attached hydrogens (tertiary/aromatic N) is 2. The number of hydrogen-bond acceptors (Lipinski definition) is 5. The van der Waals surface area contributed by atoms with E-state index in [0.29, 0.717) is 6.61 Å². The highest BCUT2D eigenvalue weighted by Crippen LogP contribution is 2.17. The molecule has 1 heterocycles. The van der Waals surface area contributed by atoms with Crippen LogP contribution in [0.15, 0.2) is 16.0 Å². The van der Waals surface area contributed by atoms with Gasteiger partial charge in [0.1, 0.15) is 11.8 Å². The van der Waals surface area contributed by atoms with Crippen LogP contribution < -0.4 is 5.56 Å². The van der Waals surface area contributed by atoms with Crippen LogP contribution in [0, 0.1) is 0 Å². The molecule has 23 heavy (non-hydrogen) atoms. The van der Waals surface area contributed by atoms with E-state index < -0.39 is 5.97 Å². The summed E-state index contributed by atoms with van der Waals surface area (Å²) in [7, 11) is 1.41. The van der Waals surface area contributed by atoms with Crippen LogP contribution in [0.25, 0.3) is 0 Å². The topological polar surface area (TPSA) is 90.1 Å². The first kappa shape index (κ1) is 19.2. The van der Waals surface area contributed by atoms with Crippen LogP contribution in [0.1, 0.15) is 36.7 Å². The molecule has 0 aromatic carbocycles. The van der Waals surface area contributed by atoms with Crippen LogP contribution in [0.5, 0.6) is 0 Å². The van der Waals surface area contributed by atoms with Crippen molar-refractivity contribution in [1.29, 1.82) is 0 Å². The smallest absolute Gasteiger partial charge is 0.339 e. The number of pyridine rings is 1. The first-order chi connectivity index (χ1) is 10.6. The summed E-state index contributed by atoms with van der Waals surface area (Å²) in [6, 6.07) is 1.23. The van der Waals surface area contributed by atoms with Gasteiger partial charge in [-0.3, -0.25) is 4.79 Å². The summed E-state index contributed by atoms with van der Waals surface area (Å²) in [6.45, 7) is 6.46. The molecule has 0 aliphatic heterocycles. The predicted molar refractivity (Wildman–Crippen MR) is 87.5 cm³/mol. The molecule has 0 saturated carbocycles. The molecular formula is C15H21ClN2O5. The monoisotopic (exact) mass is 344 g/mol. The number of halogens is 1. The molecule has 0 atom stereocenters. The maximum atomic E-state index is 11.7. The Kier molecular flexibility index (Phi) is 6.78. The van der Waals surface area contributed by atoms with Crippen molar-refractivity contribution >= 4 is 23.8 Å². The number of rotatable bonds is 7. The fourth-order valence-electron chi connectivity index (χ4n) is 1.73. The molecule has 0 spiro atoms. The third-order valence-corrected chi connectivity index (χ3v) is 3.28. The molecule has 1 rings (SSSR count). The molecule has 0 radical (unpaired) electrons. The van der Waals surface area contributed by atoms with Crippen LogP contribution in [-0.2, 0) is 23.0 Å². The summed E-state index contributed by atoms with van der Waals surface area (Å²) in [5, 5.41) is 12.8. The highest BCUT2D eigenvalue weighted by Gasteiger charge is 2.17. The van der Waals surface area contributed by atoms with Crippen LogP contribution in [-0.4, -0.2) is 40.7 Å². The lowest BCUT2D eigenvalue weighted by molar-refractivity contribution is -0.0339. The normalized spacial score (nSPS) is 11.9. The van der Waals surface area contributed by atoms with Gasteiger partial charge in [0.15, 0.2) is 0 Å². The van der Waals surface area contributed by atoms with Gasteiger partial charge in [-0.25, -0.2) is 4.79 Å². The van der Waals surface area contributed by atoms with Crippen LogP contribution in [0.4, 0.5) is 0 Å². The van der Waals surface area contributed by atoms with E-state index in [9.17, 15) is 14.7 Å². The Hall–Kier alpha value is -1.86. The second kappa shape index (κ2) is 8.12. The molecule has 0 unspecified atom stereocenters. The summed E-state index contributed by atoms with van der Waals surface area (Å²) in [5.74, 6) is -1.20. The molecule has 8 heteroatoms. The second-order valence-electron chi connectivity index (χ2n) is 5.82. The number of carbonyl (C=O) groups is 1. The summed E-state index contributed by atoms with van der Waals surface area (Å²) in [5.41, 5.74) is -0.465. The minimum Gasteiger partial charge on any atom is -0.478 e. The molecule has 1 N–H and O–H groups in total. The average Bonchev–Trinajstić information content (AvgIpc) is 2.42. The van der Waals surface area contributed by atoms with Crippen molar-refractivity contribution in [2.45, 2.75) is 32.8 Å². The van der Waals surface area contributed by atoms with Gasteiger partial charge in [-0.15, -0.1) is 0 Å². The number of oxime groups is 1. The molecular weight excluding hydrogens is 324 g/mol. The quantitative estimate of drug-likeness (QED) is 0.354. The van der Waals surface area contributed by atoms with E-state index in [-0.39, 0.29) is 40.5 Å². The van der Waals surface area contributed by atoms with Gasteiger partial charge in [-0.1, -0.05) is 16.8 Å². The van der Waals surface area contributed by atoms with Crippen molar-refractivity contribution in [2.75, 3.05) is 13.2 Å². The Morgan fingerprint density at radius 1 is 1.43 bits per heavy atom. The molecule has 0 fully saturated rings. The van der Waals surface area contributed by atoms with Crippen LogP contribution in [0.2, 0.25) is 5.15 Å². The average molecular weight is 345 g/mol. The molecule has 0 amide bonds. The van der Waals surface area contributed by atoms with E-state index in [4.69, 9.17) is 21.2 Å². The molecule has 0 bridgehead atoms. The Labute approximate surface area is 139 Å². The van der Waals surface area contributed by atoms with Gasteiger partial charge < -0.3 is 19.2 Å². The van der Waals surface area contributed by atoms with E-state index in [1.54, 1.807) is 0 Å². The fraction of sp³-hybridized carbons (Fsp3) is 0.533. The standard InChI is InChI=1S/C15H21ClN2O5/c1-15(2,3)22-7-8-23-17-6-5-10-9-11(19)18(4)13(16)12(10)14(20)21/h6,9H,5,7-8H2,1-4H3,(H,20,21)/b17-6-. The number of hydrogen-bond donors (Lipinski definition) is 1. The number of ether oxygens (including phenoxy) is 1. The zero-order valence-corrected chi connectivity index (χ0v) is 14.4. The fourth-order valence-corrected chi connectivity index (χ4v) is 2.01. The van der Waals surface area contributed by atoms with Crippen LogP contribution >= 0.6 is 11.6 Å². The first-order valence-electron chi connectivity index (χ1n) is 7.03. The summed E-state index contributed by atoms with van der Waals surface area (Å²) in [6.07, 6.45) is 1.51. The van der Waals surface area contributed by atoms with Crippen molar-refractivity contribution in [3.05, 3.63) is 32.7 Å². The number of carboxylic acid groups (broad SMARTS) is 1. The second-order valence-corrected chi connectivity index (χ2v) is 6.18. The molecule has 128 valence electrons. The lowest BCUT2D eigenvalue weighted by Gasteiger charge is -2.18. The van der Waals surface area contributed by atoms with Gasteiger partial charge in [0.2, 0.25) is 0 Å². The van der Waals surface area contributed by atoms with Gasteiger partial charge in [0, 0.05) is 25.7 Å². The summed E-state index contributed by atoms with van der Waals surface area (Å²) < 4.78 is 6.53. The van der Waals surface area contributed by atoms with Crippen molar-refractivity contribution in [3.63, 3.8) is 0 Å². The largest absolute Gasteiger partial charge is 0.478 e. The zero-order chi connectivity index (χ0) is 17.6. The third-order valence-electron chi connectivity index (χ3n) is 2.83. The minimum atomic E-state index is -1.20. The van der Waals surface area contributed by atoms with Gasteiger partial charge in [0.05, 0.1) is 17.8 Å². The highest BCUT2D eigenvalue weighted by atomic mass is 35.5. The van der Waals surface area contributed by atoms with Gasteiger partial charge in [-0.05, 0) is 26.3 Å². The Bertz CT molecular complexity index is 646. The molecule has 0 aliphatic rings. The van der Waals surface area contributed by atoms with Crippen molar-refractivity contribution in [3.8, 4) is 0 Å². The molecule has 7 nitrogen and oxygen atoms in total. The van der Waals surface area contributed by atoms with Crippen molar-refractivity contribution < 1.29 is 19.5 Å². The van der Waals surface area contributed by atoms with E-state index >= 15 is 0 Å². The molecule has 1 aromatic rings. The SMILES string of the molecule is Cn1c(Cl)c(C(=O)O)c(C/C=N\OCCOC(C)(C)C)cc1=O. The zero-order valence-electron chi connectivity index (χ0n) is 13.6. The first-order valence-corrected chi connectivity index (χ1v) is 7.40. The van der Waals surface area contributed by atoms with Gasteiger partial charge in [-0.2, -0.15) is 0 Å². The molecule has 0 saturated heterocycles. The summed E-state index contributed by atoms with van der Waals surface area (Å²) >= 11 is 5.91. The lowest BCUT2D eigenvalue weighted by Crippen LogP contribution is -2.22.